The van der Waals surface area contributed by atoms with Gasteiger partial charge in [0.15, 0.2) is 0 Å². The lowest BCUT2D eigenvalue weighted by Crippen LogP contribution is -2.34. The highest BCUT2D eigenvalue weighted by molar-refractivity contribution is 5.59. The Bertz CT molecular complexity index is 325. The van der Waals surface area contributed by atoms with Gasteiger partial charge in [0, 0.05) is 30.9 Å². The minimum absolute atomic E-state index is 0.111. The maximum absolute atomic E-state index is 13.3. The van der Waals surface area contributed by atoms with Gasteiger partial charge in [-0.15, -0.1) is 0 Å². The maximum Gasteiger partial charge on any atom is 0.128 e. The lowest BCUT2D eigenvalue weighted by atomic mass is 10.1. The van der Waals surface area contributed by atoms with Crippen molar-refractivity contribution in [2.24, 2.45) is 5.73 Å². The van der Waals surface area contributed by atoms with Crippen LogP contribution in [0.25, 0.3) is 0 Å². The van der Waals surface area contributed by atoms with Gasteiger partial charge in [0.1, 0.15) is 5.82 Å². The molecule has 1 aliphatic rings. The minimum Gasteiger partial charge on any atom is -0.370 e. The Morgan fingerprint density at radius 1 is 1.62 bits per heavy atom. The Labute approximate surface area is 77.2 Å². The van der Waals surface area contributed by atoms with Crippen LogP contribution in [0.2, 0.25) is 0 Å². The van der Waals surface area contributed by atoms with E-state index in [9.17, 15) is 4.39 Å². The molecule has 1 atom stereocenters. The molecule has 0 radical (unpaired) electrons. The lowest BCUT2D eigenvalue weighted by molar-refractivity contribution is 0.603. The zero-order valence-corrected chi connectivity index (χ0v) is 7.63. The minimum atomic E-state index is -0.111. The molecule has 0 fully saturated rings. The molecule has 0 saturated heterocycles. The van der Waals surface area contributed by atoms with Crippen molar-refractivity contribution in [3.8, 4) is 0 Å². The third-order valence-corrected chi connectivity index (χ3v) is 2.73. The number of nitrogens with two attached hydrogens (primary N) is 1. The van der Waals surface area contributed by atoms with E-state index in [1.54, 1.807) is 6.07 Å². The first kappa shape index (κ1) is 8.51. The summed E-state index contributed by atoms with van der Waals surface area (Å²) >= 11 is 0. The molecule has 13 heavy (non-hydrogen) atoms. The summed E-state index contributed by atoms with van der Waals surface area (Å²) in [5, 5.41) is 0. The van der Waals surface area contributed by atoms with Crippen LogP contribution in [0.15, 0.2) is 18.2 Å². The van der Waals surface area contributed by atoms with E-state index in [4.69, 9.17) is 5.73 Å². The van der Waals surface area contributed by atoms with Crippen LogP contribution in [-0.4, -0.2) is 19.6 Å². The molecule has 1 heterocycles. The maximum atomic E-state index is 13.3. The molecule has 1 unspecified atom stereocenters. The van der Waals surface area contributed by atoms with Gasteiger partial charge in [-0.3, -0.25) is 0 Å². The summed E-state index contributed by atoms with van der Waals surface area (Å²) < 4.78 is 13.3. The summed E-state index contributed by atoms with van der Waals surface area (Å²) in [6.45, 7) is 0.574. The van der Waals surface area contributed by atoms with Gasteiger partial charge in [-0.05, 0) is 18.6 Å². The van der Waals surface area contributed by atoms with Gasteiger partial charge < -0.3 is 10.6 Å². The van der Waals surface area contributed by atoms with Gasteiger partial charge in [0.25, 0.3) is 0 Å². The highest BCUT2D eigenvalue weighted by atomic mass is 19.1. The number of likely N-dealkylation sites (N-methyl/N-ethyl adjacent to an activating group) is 1. The first-order valence-corrected chi connectivity index (χ1v) is 4.44. The highest BCUT2D eigenvalue weighted by Gasteiger charge is 2.27. The summed E-state index contributed by atoms with van der Waals surface area (Å²) in [4.78, 5) is 2.05. The number of hydrogen-bond acceptors (Lipinski definition) is 2. The molecule has 2 nitrogen and oxygen atoms in total. The number of benzene rings is 1. The Morgan fingerprint density at radius 2 is 2.38 bits per heavy atom. The van der Waals surface area contributed by atoms with Gasteiger partial charge >= 0.3 is 0 Å². The second-order valence-corrected chi connectivity index (χ2v) is 3.44. The van der Waals surface area contributed by atoms with Crippen LogP contribution in [0.1, 0.15) is 5.56 Å². The van der Waals surface area contributed by atoms with Gasteiger partial charge in [-0.1, -0.05) is 6.07 Å². The molecule has 0 aromatic heterocycles. The van der Waals surface area contributed by atoms with E-state index in [0.717, 1.165) is 17.7 Å². The number of nitrogens with zero attached hydrogens (tertiary/aromatic N) is 1. The summed E-state index contributed by atoms with van der Waals surface area (Å²) in [5.74, 6) is -0.111. The smallest absolute Gasteiger partial charge is 0.128 e. The second-order valence-electron chi connectivity index (χ2n) is 3.44. The molecule has 2 rings (SSSR count). The molecule has 70 valence electrons. The zero-order chi connectivity index (χ0) is 9.42. The third kappa shape index (κ3) is 1.20. The van der Waals surface area contributed by atoms with Crippen molar-refractivity contribution in [3.05, 3.63) is 29.6 Å². The van der Waals surface area contributed by atoms with Crippen molar-refractivity contribution in [1.82, 2.24) is 0 Å². The van der Waals surface area contributed by atoms with Crippen molar-refractivity contribution in [2.75, 3.05) is 18.5 Å². The van der Waals surface area contributed by atoms with Crippen LogP contribution < -0.4 is 10.6 Å². The van der Waals surface area contributed by atoms with Gasteiger partial charge in [0.2, 0.25) is 0 Å². The standard InChI is InChI=1S/C10H13FN2/c1-13-7(6-12)5-8-9(11)3-2-4-10(8)13/h2-4,7H,5-6,12H2,1H3. The van der Waals surface area contributed by atoms with E-state index in [1.165, 1.54) is 6.07 Å². The number of anilines is 1. The largest absolute Gasteiger partial charge is 0.370 e. The molecular weight excluding hydrogens is 167 g/mol. The molecule has 1 aliphatic heterocycles. The summed E-state index contributed by atoms with van der Waals surface area (Å²) in [6.07, 6.45) is 0.731. The van der Waals surface area contributed by atoms with E-state index >= 15 is 0 Å². The van der Waals surface area contributed by atoms with Gasteiger partial charge in [-0.2, -0.15) is 0 Å². The van der Waals surface area contributed by atoms with Gasteiger partial charge in [-0.25, -0.2) is 4.39 Å². The molecule has 2 N–H and O–H groups in total. The highest BCUT2D eigenvalue weighted by Crippen LogP contribution is 2.31. The zero-order valence-electron chi connectivity index (χ0n) is 7.63. The Morgan fingerprint density at radius 3 is 3.00 bits per heavy atom. The van der Waals surface area contributed by atoms with E-state index in [-0.39, 0.29) is 11.9 Å². The number of fused-ring (bicyclic) bond motifs is 1. The monoisotopic (exact) mass is 180 g/mol. The van der Waals surface area contributed by atoms with Crippen LogP contribution in [0, 0.1) is 5.82 Å². The van der Waals surface area contributed by atoms with Crippen LogP contribution in [0.3, 0.4) is 0 Å². The van der Waals surface area contributed by atoms with Crippen molar-refractivity contribution < 1.29 is 4.39 Å². The first-order valence-electron chi connectivity index (χ1n) is 4.44. The van der Waals surface area contributed by atoms with E-state index in [1.807, 2.05) is 13.1 Å². The van der Waals surface area contributed by atoms with Gasteiger partial charge in [0.05, 0.1) is 0 Å². The number of hydrogen-bond donors (Lipinski definition) is 1. The van der Waals surface area contributed by atoms with Crippen molar-refractivity contribution in [2.45, 2.75) is 12.5 Å². The molecule has 0 spiro atoms. The predicted octanol–water partition coefficient (Wildman–Crippen LogP) is 1.15. The predicted molar refractivity (Wildman–Crippen MR) is 51.3 cm³/mol. The quantitative estimate of drug-likeness (QED) is 0.702. The fourth-order valence-electron chi connectivity index (χ4n) is 1.89. The lowest BCUT2D eigenvalue weighted by Gasteiger charge is -2.20. The summed E-state index contributed by atoms with van der Waals surface area (Å²) in [6, 6.07) is 5.44. The number of halogens is 1. The molecule has 0 saturated carbocycles. The van der Waals surface area contributed by atoms with Crippen LogP contribution in [0.5, 0.6) is 0 Å². The Kier molecular flexibility index (Phi) is 1.96. The normalized spacial score (nSPS) is 20.5. The first-order chi connectivity index (χ1) is 6.24. The molecule has 3 heteroatoms. The van der Waals surface area contributed by atoms with E-state index in [0.29, 0.717) is 6.54 Å². The summed E-state index contributed by atoms with van der Waals surface area (Å²) in [5.41, 5.74) is 7.38. The average molecular weight is 180 g/mol. The molecular formula is C10H13FN2. The molecule has 0 bridgehead atoms. The SMILES string of the molecule is CN1c2cccc(F)c2CC1CN. The van der Waals surface area contributed by atoms with Crippen LogP contribution >= 0.6 is 0 Å². The molecule has 1 aromatic rings. The average Bonchev–Trinajstić information content (AvgIpc) is 2.45. The molecule has 0 aliphatic carbocycles. The Balaban J connectivity index is 2.43. The fourth-order valence-corrected chi connectivity index (χ4v) is 1.89. The second kappa shape index (κ2) is 3.00. The van der Waals surface area contributed by atoms with Crippen LogP contribution in [-0.2, 0) is 6.42 Å². The van der Waals surface area contributed by atoms with E-state index < -0.39 is 0 Å². The van der Waals surface area contributed by atoms with E-state index in [2.05, 4.69) is 4.90 Å². The van der Waals surface area contributed by atoms with Crippen molar-refractivity contribution >= 4 is 5.69 Å². The molecule has 0 amide bonds. The van der Waals surface area contributed by atoms with Crippen LogP contribution in [0.4, 0.5) is 10.1 Å². The summed E-state index contributed by atoms with van der Waals surface area (Å²) in [7, 11) is 1.96. The third-order valence-electron chi connectivity index (χ3n) is 2.73. The Hall–Kier alpha value is -1.09. The fraction of sp³-hybridized carbons (Fsp3) is 0.400. The van der Waals surface area contributed by atoms with Crippen molar-refractivity contribution in [1.29, 1.82) is 0 Å². The number of rotatable bonds is 1. The topological polar surface area (TPSA) is 29.3 Å². The van der Waals surface area contributed by atoms with Crippen molar-refractivity contribution in [3.63, 3.8) is 0 Å². The molecule has 1 aromatic carbocycles.